The molecule has 1 amide bonds. The average Bonchev–Trinajstić information content (AvgIpc) is 3.15. The summed E-state index contributed by atoms with van der Waals surface area (Å²) in [4.78, 5) is 19.9. The molecule has 2 heterocycles. The molecule has 0 atom stereocenters. The van der Waals surface area contributed by atoms with E-state index in [0.29, 0.717) is 18.8 Å². The maximum atomic E-state index is 12.4. The third kappa shape index (κ3) is 4.26. The first-order valence-corrected chi connectivity index (χ1v) is 10.2. The predicted octanol–water partition coefficient (Wildman–Crippen LogP) is 5.15. The van der Waals surface area contributed by atoms with Crippen molar-refractivity contribution in [2.75, 3.05) is 12.3 Å². The molecular formula is C16H15ClN2OS3. The number of hydrogen-bond donors (Lipinski definition) is 0. The van der Waals surface area contributed by atoms with Crippen LogP contribution in [0.3, 0.4) is 0 Å². The van der Waals surface area contributed by atoms with Crippen molar-refractivity contribution in [1.82, 2.24) is 9.88 Å². The van der Waals surface area contributed by atoms with Gasteiger partial charge in [0.15, 0.2) is 4.34 Å². The molecule has 7 heteroatoms. The number of thiazole rings is 1. The Labute approximate surface area is 152 Å². The summed E-state index contributed by atoms with van der Waals surface area (Å²) in [6.07, 6.45) is 0. The predicted molar refractivity (Wildman–Crippen MR) is 101 cm³/mol. The van der Waals surface area contributed by atoms with E-state index in [1.807, 2.05) is 42.2 Å². The molecule has 0 saturated heterocycles. The van der Waals surface area contributed by atoms with Crippen molar-refractivity contribution >= 4 is 62.2 Å². The van der Waals surface area contributed by atoms with Crippen molar-refractivity contribution in [2.24, 2.45) is 0 Å². The Bertz CT molecular complexity index is 781. The van der Waals surface area contributed by atoms with Gasteiger partial charge in [-0.1, -0.05) is 35.5 Å². The minimum Gasteiger partial charge on any atom is -0.337 e. The minimum atomic E-state index is 0.126. The first-order valence-electron chi connectivity index (χ1n) is 7.16. The fraction of sp³-hybridized carbons (Fsp3) is 0.250. The Hall–Kier alpha value is -1.08. The Morgan fingerprint density at radius 3 is 2.78 bits per heavy atom. The zero-order valence-electron chi connectivity index (χ0n) is 12.5. The van der Waals surface area contributed by atoms with Crippen LogP contribution in [0.2, 0.25) is 4.34 Å². The smallest absolute Gasteiger partial charge is 0.233 e. The van der Waals surface area contributed by atoms with Gasteiger partial charge in [0.05, 0.1) is 26.9 Å². The molecule has 0 N–H and O–H groups in total. The molecule has 0 bridgehead atoms. The van der Waals surface area contributed by atoms with Crippen molar-refractivity contribution in [1.29, 1.82) is 0 Å². The van der Waals surface area contributed by atoms with Gasteiger partial charge in [-0.15, -0.1) is 22.7 Å². The highest BCUT2D eigenvalue weighted by Crippen LogP contribution is 2.29. The molecule has 0 radical (unpaired) electrons. The van der Waals surface area contributed by atoms with Crippen LogP contribution in [0.25, 0.3) is 10.2 Å². The fourth-order valence-corrected chi connectivity index (χ4v) is 5.20. The largest absolute Gasteiger partial charge is 0.337 e. The van der Waals surface area contributed by atoms with Gasteiger partial charge in [-0.25, -0.2) is 4.98 Å². The maximum absolute atomic E-state index is 12.4. The van der Waals surface area contributed by atoms with Gasteiger partial charge < -0.3 is 4.90 Å². The van der Waals surface area contributed by atoms with Gasteiger partial charge in [-0.2, -0.15) is 0 Å². The number of halogens is 1. The zero-order chi connectivity index (χ0) is 16.2. The molecule has 3 rings (SSSR count). The van der Waals surface area contributed by atoms with Crippen LogP contribution in [0.4, 0.5) is 0 Å². The molecule has 0 spiro atoms. The number of thiophene rings is 1. The Balaban J connectivity index is 1.60. The van der Waals surface area contributed by atoms with E-state index in [4.69, 9.17) is 11.6 Å². The van der Waals surface area contributed by atoms with Crippen LogP contribution < -0.4 is 0 Å². The second kappa shape index (κ2) is 7.66. The summed E-state index contributed by atoms with van der Waals surface area (Å²) in [5, 5.41) is 0. The number of fused-ring (bicyclic) bond motifs is 1. The maximum Gasteiger partial charge on any atom is 0.233 e. The molecule has 0 aliphatic rings. The second-order valence-corrected chi connectivity index (χ2v) is 8.90. The Morgan fingerprint density at radius 1 is 1.26 bits per heavy atom. The molecule has 0 aliphatic heterocycles. The fourth-order valence-electron chi connectivity index (χ4n) is 2.13. The molecule has 23 heavy (non-hydrogen) atoms. The number of carbonyl (C=O) groups excluding carboxylic acids is 1. The minimum absolute atomic E-state index is 0.126. The van der Waals surface area contributed by atoms with Crippen LogP contribution in [-0.2, 0) is 11.3 Å². The van der Waals surface area contributed by atoms with Crippen LogP contribution in [0.1, 0.15) is 11.8 Å². The van der Waals surface area contributed by atoms with Gasteiger partial charge in [-0.05, 0) is 31.2 Å². The summed E-state index contributed by atoms with van der Waals surface area (Å²) in [6.45, 7) is 3.30. The molecule has 3 nitrogen and oxygen atoms in total. The van der Waals surface area contributed by atoms with Gasteiger partial charge in [-0.3, -0.25) is 4.79 Å². The Kier molecular flexibility index (Phi) is 5.58. The molecule has 0 unspecified atom stereocenters. The molecular weight excluding hydrogens is 368 g/mol. The topological polar surface area (TPSA) is 33.2 Å². The van der Waals surface area contributed by atoms with Gasteiger partial charge in [0.1, 0.15) is 0 Å². The van der Waals surface area contributed by atoms with E-state index in [0.717, 1.165) is 23.8 Å². The van der Waals surface area contributed by atoms with Crippen molar-refractivity contribution in [3.8, 4) is 0 Å². The summed E-state index contributed by atoms with van der Waals surface area (Å²) in [5.74, 6) is 0.536. The van der Waals surface area contributed by atoms with Crippen molar-refractivity contribution in [2.45, 2.75) is 17.8 Å². The molecule has 3 aromatic rings. The third-order valence-electron chi connectivity index (χ3n) is 3.30. The highest BCUT2D eigenvalue weighted by Gasteiger charge is 2.15. The number of thioether (sulfide) groups is 1. The van der Waals surface area contributed by atoms with E-state index in [2.05, 4.69) is 11.1 Å². The number of benzene rings is 1. The molecule has 0 saturated carbocycles. The van der Waals surface area contributed by atoms with Crippen LogP contribution >= 0.6 is 46.0 Å². The summed E-state index contributed by atoms with van der Waals surface area (Å²) < 4.78 is 2.85. The SMILES string of the molecule is CCN(Cc1ccc(Cl)s1)C(=O)CSc1nc2ccccc2s1. The quantitative estimate of drug-likeness (QED) is 0.552. The highest BCUT2D eigenvalue weighted by atomic mass is 35.5. The lowest BCUT2D eigenvalue weighted by molar-refractivity contribution is -0.128. The third-order valence-corrected chi connectivity index (χ3v) is 6.68. The highest BCUT2D eigenvalue weighted by molar-refractivity contribution is 8.01. The molecule has 0 aliphatic carbocycles. The second-order valence-electron chi connectivity index (χ2n) is 4.85. The number of para-hydroxylation sites is 1. The molecule has 0 fully saturated rings. The van der Waals surface area contributed by atoms with E-state index < -0.39 is 0 Å². The first kappa shape index (κ1) is 16.8. The van der Waals surface area contributed by atoms with E-state index in [1.54, 1.807) is 11.3 Å². The van der Waals surface area contributed by atoms with E-state index in [9.17, 15) is 4.79 Å². The number of hydrogen-bond acceptors (Lipinski definition) is 5. The van der Waals surface area contributed by atoms with E-state index in [1.165, 1.54) is 23.1 Å². The summed E-state index contributed by atoms with van der Waals surface area (Å²) in [7, 11) is 0. The van der Waals surface area contributed by atoms with Gasteiger partial charge in [0.25, 0.3) is 0 Å². The Morgan fingerprint density at radius 2 is 2.09 bits per heavy atom. The summed E-state index contributed by atoms with van der Waals surface area (Å²) >= 11 is 10.6. The van der Waals surface area contributed by atoms with Crippen molar-refractivity contribution in [3.63, 3.8) is 0 Å². The average molecular weight is 383 g/mol. The molecule has 2 aromatic heterocycles. The van der Waals surface area contributed by atoms with E-state index >= 15 is 0 Å². The van der Waals surface area contributed by atoms with Crippen LogP contribution in [0.5, 0.6) is 0 Å². The van der Waals surface area contributed by atoms with Gasteiger partial charge >= 0.3 is 0 Å². The monoisotopic (exact) mass is 382 g/mol. The lowest BCUT2D eigenvalue weighted by Crippen LogP contribution is -2.31. The first-order chi connectivity index (χ1) is 11.2. The van der Waals surface area contributed by atoms with Gasteiger partial charge in [0.2, 0.25) is 5.91 Å². The lowest BCUT2D eigenvalue weighted by Gasteiger charge is -2.19. The van der Waals surface area contributed by atoms with Crippen molar-refractivity contribution in [3.05, 3.63) is 45.6 Å². The number of amides is 1. The number of aromatic nitrogens is 1. The van der Waals surface area contributed by atoms with E-state index in [-0.39, 0.29) is 5.91 Å². The molecule has 1 aromatic carbocycles. The van der Waals surface area contributed by atoms with Crippen LogP contribution in [0.15, 0.2) is 40.7 Å². The molecule has 120 valence electrons. The number of nitrogens with zero attached hydrogens (tertiary/aromatic N) is 2. The zero-order valence-corrected chi connectivity index (χ0v) is 15.7. The normalized spacial score (nSPS) is 11.0. The van der Waals surface area contributed by atoms with Gasteiger partial charge in [0, 0.05) is 11.4 Å². The van der Waals surface area contributed by atoms with Crippen molar-refractivity contribution < 1.29 is 4.79 Å². The van der Waals surface area contributed by atoms with Crippen LogP contribution in [-0.4, -0.2) is 28.1 Å². The lowest BCUT2D eigenvalue weighted by atomic mass is 10.3. The summed E-state index contributed by atoms with van der Waals surface area (Å²) in [6, 6.07) is 11.9. The number of carbonyl (C=O) groups is 1. The number of rotatable bonds is 6. The summed E-state index contributed by atoms with van der Waals surface area (Å²) in [5.41, 5.74) is 0.994. The van der Waals surface area contributed by atoms with Crippen LogP contribution in [0, 0.1) is 0 Å². The standard InChI is InChI=1S/C16H15ClN2OS3/c1-2-19(9-11-7-8-14(17)22-11)15(20)10-21-16-18-12-5-3-4-6-13(12)23-16/h3-8H,2,9-10H2,1H3.